The lowest BCUT2D eigenvalue weighted by Gasteiger charge is -2.29. The van der Waals surface area contributed by atoms with Gasteiger partial charge in [0.25, 0.3) is 0 Å². The lowest BCUT2D eigenvalue weighted by atomic mass is 9.93. The van der Waals surface area contributed by atoms with Crippen LogP contribution in [0.3, 0.4) is 0 Å². The van der Waals surface area contributed by atoms with Gasteiger partial charge in [-0.05, 0) is 12.8 Å². The number of anilines is 1. The zero-order valence-electron chi connectivity index (χ0n) is 9.53. The van der Waals surface area contributed by atoms with Crippen LogP contribution in [0, 0.1) is 5.92 Å². The van der Waals surface area contributed by atoms with E-state index in [0.29, 0.717) is 5.13 Å². The molecule has 19 heavy (non-hydrogen) atoms. The fourth-order valence-electron chi connectivity index (χ4n) is 1.78. The number of amides is 2. The predicted octanol–water partition coefficient (Wildman–Crippen LogP) is 1.54. The standard InChI is InChI=1S/C10H10F3N3O2S/c11-10(12,13)6-2-1-5(7(17)15-6)8(18)16-9-14-3-4-19-9/h3-6H,1-2H2,(H,15,17)(H,14,16,18)/t5-,6+/m1/s1. The first-order valence-electron chi connectivity index (χ1n) is 5.45. The number of piperidine rings is 1. The number of rotatable bonds is 2. The van der Waals surface area contributed by atoms with Gasteiger partial charge in [-0.2, -0.15) is 13.2 Å². The minimum Gasteiger partial charge on any atom is -0.344 e. The van der Waals surface area contributed by atoms with Gasteiger partial charge in [-0.1, -0.05) is 0 Å². The molecule has 1 aliphatic heterocycles. The van der Waals surface area contributed by atoms with E-state index in [1.54, 1.807) is 5.38 Å². The second-order valence-corrected chi connectivity index (χ2v) is 4.95. The second-order valence-electron chi connectivity index (χ2n) is 4.06. The van der Waals surface area contributed by atoms with Gasteiger partial charge in [0.1, 0.15) is 12.0 Å². The van der Waals surface area contributed by atoms with E-state index in [0.717, 1.165) is 0 Å². The van der Waals surface area contributed by atoms with Gasteiger partial charge in [0.15, 0.2) is 5.13 Å². The summed E-state index contributed by atoms with van der Waals surface area (Å²) in [6.45, 7) is 0. The molecule has 2 atom stereocenters. The van der Waals surface area contributed by atoms with Gasteiger partial charge in [-0.3, -0.25) is 9.59 Å². The van der Waals surface area contributed by atoms with Crippen molar-refractivity contribution in [3.05, 3.63) is 11.6 Å². The molecule has 2 N–H and O–H groups in total. The molecule has 2 heterocycles. The van der Waals surface area contributed by atoms with Gasteiger partial charge in [-0.15, -0.1) is 11.3 Å². The molecule has 2 amide bonds. The summed E-state index contributed by atoms with van der Waals surface area (Å²) in [4.78, 5) is 27.1. The van der Waals surface area contributed by atoms with Crippen molar-refractivity contribution < 1.29 is 22.8 Å². The summed E-state index contributed by atoms with van der Waals surface area (Å²) in [5, 5.41) is 6.18. The summed E-state index contributed by atoms with van der Waals surface area (Å²) in [6.07, 6.45) is -3.44. The van der Waals surface area contributed by atoms with Gasteiger partial charge in [0.2, 0.25) is 11.8 Å². The average molecular weight is 293 g/mol. The molecule has 0 unspecified atom stereocenters. The molecule has 1 saturated heterocycles. The summed E-state index contributed by atoms with van der Waals surface area (Å²) in [5.74, 6) is -2.64. The highest BCUT2D eigenvalue weighted by Gasteiger charge is 2.45. The number of carbonyl (C=O) groups is 2. The van der Waals surface area contributed by atoms with Crippen LogP contribution in [0.5, 0.6) is 0 Å². The molecular weight excluding hydrogens is 283 g/mol. The Kier molecular flexibility index (Phi) is 3.74. The molecule has 2 rings (SSSR count). The summed E-state index contributed by atoms with van der Waals surface area (Å²) < 4.78 is 37.3. The van der Waals surface area contributed by atoms with Crippen LogP contribution in [-0.4, -0.2) is 29.0 Å². The number of nitrogens with zero attached hydrogens (tertiary/aromatic N) is 1. The van der Waals surface area contributed by atoms with Gasteiger partial charge >= 0.3 is 6.18 Å². The van der Waals surface area contributed by atoms with Crippen LogP contribution in [0.1, 0.15) is 12.8 Å². The van der Waals surface area contributed by atoms with Gasteiger partial charge in [-0.25, -0.2) is 4.98 Å². The van der Waals surface area contributed by atoms with Crippen LogP contribution in [0.2, 0.25) is 0 Å². The van der Waals surface area contributed by atoms with E-state index in [2.05, 4.69) is 10.3 Å². The van der Waals surface area contributed by atoms with Crippen molar-refractivity contribution in [3.63, 3.8) is 0 Å². The lowest BCUT2D eigenvalue weighted by molar-refractivity contribution is -0.170. The molecule has 0 spiro atoms. The Balaban J connectivity index is 1.96. The zero-order chi connectivity index (χ0) is 14.0. The van der Waals surface area contributed by atoms with Crippen molar-refractivity contribution in [2.45, 2.75) is 25.1 Å². The second kappa shape index (κ2) is 5.16. The van der Waals surface area contributed by atoms with Gasteiger partial charge in [0, 0.05) is 11.6 Å². The molecule has 104 valence electrons. The zero-order valence-corrected chi connectivity index (χ0v) is 10.3. The van der Waals surface area contributed by atoms with Crippen molar-refractivity contribution >= 4 is 28.3 Å². The van der Waals surface area contributed by atoms with Gasteiger partial charge in [0.05, 0.1) is 0 Å². The molecule has 1 aromatic heterocycles. The summed E-state index contributed by atoms with van der Waals surface area (Å²) >= 11 is 1.17. The minimum atomic E-state index is -4.48. The predicted molar refractivity (Wildman–Crippen MR) is 61.5 cm³/mol. The first kappa shape index (κ1) is 13.8. The Morgan fingerprint density at radius 2 is 2.21 bits per heavy atom. The third-order valence-corrected chi connectivity index (χ3v) is 3.44. The number of alkyl halides is 3. The number of thiazole rings is 1. The average Bonchev–Trinajstić information content (AvgIpc) is 2.80. The molecule has 0 aliphatic carbocycles. The van der Waals surface area contributed by atoms with Crippen LogP contribution in [-0.2, 0) is 9.59 Å². The topological polar surface area (TPSA) is 71.1 Å². The maximum Gasteiger partial charge on any atom is 0.408 e. The number of aromatic nitrogens is 1. The van der Waals surface area contributed by atoms with Crippen LogP contribution < -0.4 is 10.6 Å². The summed E-state index contributed by atoms with van der Waals surface area (Å²) in [5.41, 5.74) is 0. The Morgan fingerprint density at radius 1 is 1.47 bits per heavy atom. The Bertz CT molecular complexity index is 475. The third kappa shape index (κ3) is 3.22. The third-order valence-electron chi connectivity index (χ3n) is 2.75. The number of hydrogen-bond acceptors (Lipinski definition) is 4. The fourth-order valence-corrected chi connectivity index (χ4v) is 2.31. The first-order chi connectivity index (χ1) is 8.88. The van der Waals surface area contributed by atoms with Gasteiger partial charge < -0.3 is 10.6 Å². The van der Waals surface area contributed by atoms with Crippen LogP contribution >= 0.6 is 11.3 Å². The van der Waals surface area contributed by atoms with Crippen molar-refractivity contribution in [1.82, 2.24) is 10.3 Å². The largest absolute Gasteiger partial charge is 0.408 e. The van der Waals surface area contributed by atoms with Crippen molar-refractivity contribution in [2.24, 2.45) is 5.92 Å². The SMILES string of the molecule is O=C(Nc1nccs1)[C@@H]1CC[C@@H](C(F)(F)F)NC1=O. The Morgan fingerprint density at radius 3 is 2.74 bits per heavy atom. The number of carbonyl (C=O) groups excluding carboxylic acids is 2. The summed E-state index contributed by atoms with van der Waals surface area (Å²) in [6, 6.07) is -1.87. The molecule has 0 radical (unpaired) electrons. The number of halogens is 3. The van der Waals surface area contributed by atoms with E-state index in [1.165, 1.54) is 17.5 Å². The van der Waals surface area contributed by atoms with E-state index in [-0.39, 0.29) is 12.8 Å². The molecule has 9 heteroatoms. The molecule has 1 fully saturated rings. The van der Waals surface area contributed by atoms with E-state index >= 15 is 0 Å². The maximum atomic E-state index is 12.4. The highest BCUT2D eigenvalue weighted by atomic mass is 32.1. The van der Waals surface area contributed by atoms with Crippen molar-refractivity contribution in [3.8, 4) is 0 Å². The van der Waals surface area contributed by atoms with E-state index in [4.69, 9.17) is 0 Å². The first-order valence-corrected chi connectivity index (χ1v) is 6.33. The molecular formula is C10H10F3N3O2S. The highest BCUT2D eigenvalue weighted by Crippen LogP contribution is 2.29. The molecule has 1 aliphatic rings. The molecule has 0 bridgehead atoms. The lowest BCUT2D eigenvalue weighted by Crippen LogP contribution is -2.53. The quantitative estimate of drug-likeness (QED) is 0.813. The van der Waals surface area contributed by atoms with Crippen molar-refractivity contribution in [1.29, 1.82) is 0 Å². The molecule has 5 nitrogen and oxygen atoms in total. The minimum absolute atomic E-state index is 0.132. The van der Waals surface area contributed by atoms with E-state index in [9.17, 15) is 22.8 Å². The van der Waals surface area contributed by atoms with Crippen LogP contribution in [0.15, 0.2) is 11.6 Å². The number of hydrogen-bond donors (Lipinski definition) is 2. The molecule has 0 aromatic carbocycles. The summed E-state index contributed by atoms with van der Waals surface area (Å²) in [7, 11) is 0. The van der Waals surface area contributed by atoms with Crippen LogP contribution in [0.25, 0.3) is 0 Å². The monoisotopic (exact) mass is 293 g/mol. The van der Waals surface area contributed by atoms with E-state index in [1.807, 2.05) is 5.32 Å². The molecule has 0 saturated carbocycles. The smallest absolute Gasteiger partial charge is 0.344 e. The normalized spacial score (nSPS) is 23.8. The number of nitrogens with one attached hydrogen (secondary N) is 2. The maximum absolute atomic E-state index is 12.4. The van der Waals surface area contributed by atoms with E-state index < -0.39 is 30.0 Å². The highest BCUT2D eigenvalue weighted by molar-refractivity contribution is 7.13. The van der Waals surface area contributed by atoms with Crippen molar-refractivity contribution in [2.75, 3.05) is 5.32 Å². The Labute approximate surface area is 110 Å². The Hall–Kier alpha value is -1.64. The molecule has 1 aromatic rings. The fraction of sp³-hybridized carbons (Fsp3) is 0.500. The van der Waals surface area contributed by atoms with Crippen LogP contribution in [0.4, 0.5) is 18.3 Å².